The molecule has 0 unspecified atom stereocenters. The Hall–Kier alpha value is -2.08. The number of nitrogens with zero attached hydrogens (tertiary/aromatic N) is 1. The molecule has 0 amide bonds. The number of aromatic nitrogens is 1. The van der Waals surface area contributed by atoms with Gasteiger partial charge in [0.15, 0.2) is 11.5 Å². The monoisotopic (exact) mass is 293 g/mol. The second-order valence-corrected chi connectivity index (χ2v) is 5.47. The van der Waals surface area contributed by atoms with Crippen molar-refractivity contribution in [3.8, 4) is 11.5 Å². The van der Waals surface area contributed by atoms with Gasteiger partial charge in [-0.25, -0.2) is 9.78 Å². The maximum Gasteiger partial charge on any atom is 0.339 e. The van der Waals surface area contributed by atoms with Crippen LogP contribution in [0.4, 0.5) is 0 Å². The van der Waals surface area contributed by atoms with Crippen molar-refractivity contribution in [2.45, 2.75) is 20.5 Å². The van der Waals surface area contributed by atoms with E-state index in [9.17, 15) is 9.90 Å². The molecule has 0 radical (unpaired) electrons. The number of para-hydroxylation sites is 1. The van der Waals surface area contributed by atoms with Gasteiger partial charge in [-0.2, -0.15) is 0 Å². The number of rotatable bonds is 5. The van der Waals surface area contributed by atoms with Crippen LogP contribution in [0.3, 0.4) is 0 Å². The zero-order valence-corrected chi connectivity index (χ0v) is 12.3. The van der Waals surface area contributed by atoms with Crippen LogP contribution in [0.25, 0.3) is 0 Å². The fourth-order valence-electron chi connectivity index (χ4n) is 1.73. The third kappa shape index (κ3) is 2.91. The molecule has 0 aliphatic rings. The third-order valence-corrected chi connectivity index (χ3v) is 3.89. The predicted molar refractivity (Wildman–Crippen MR) is 75.9 cm³/mol. The van der Waals surface area contributed by atoms with Gasteiger partial charge >= 0.3 is 5.97 Å². The van der Waals surface area contributed by atoms with E-state index in [2.05, 4.69) is 4.98 Å². The number of hydrogen-bond donors (Lipinski definition) is 1. The summed E-state index contributed by atoms with van der Waals surface area (Å²) in [5, 5.41) is 9.99. The van der Waals surface area contributed by atoms with Crippen LogP contribution >= 0.6 is 11.3 Å². The lowest BCUT2D eigenvalue weighted by Gasteiger charge is -2.11. The van der Waals surface area contributed by atoms with Crippen LogP contribution in [0.2, 0.25) is 0 Å². The average molecular weight is 293 g/mol. The standard InChI is InChI=1S/C14H15NO4S/c1-8-9(2)20-12(15-8)7-19-13-10(14(16)17)5-4-6-11(13)18-3/h4-6H,7H2,1-3H3,(H,16,17). The SMILES string of the molecule is COc1cccc(C(=O)O)c1OCc1nc(C)c(C)s1. The largest absolute Gasteiger partial charge is 0.493 e. The summed E-state index contributed by atoms with van der Waals surface area (Å²) in [5.41, 5.74) is 1.04. The molecule has 106 valence electrons. The van der Waals surface area contributed by atoms with Gasteiger partial charge in [-0.05, 0) is 26.0 Å². The molecule has 5 nitrogen and oxygen atoms in total. The molecule has 1 heterocycles. The molecule has 0 saturated heterocycles. The summed E-state index contributed by atoms with van der Waals surface area (Å²) in [7, 11) is 1.48. The topological polar surface area (TPSA) is 68.7 Å². The number of carbonyl (C=O) groups is 1. The van der Waals surface area contributed by atoms with E-state index in [1.807, 2.05) is 13.8 Å². The molecule has 1 aromatic heterocycles. The highest BCUT2D eigenvalue weighted by molar-refractivity contribution is 7.11. The van der Waals surface area contributed by atoms with Gasteiger partial charge in [0.25, 0.3) is 0 Å². The molecular weight excluding hydrogens is 278 g/mol. The molecule has 0 spiro atoms. The summed E-state index contributed by atoms with van der Waals surface area (Å²) in [6.45, 7) is 4.14. The van der Waals surface area contributed by atoms with Crippen LogP contribution in [0.5, 0.6) is 11.5 Å². The Morgan fingerprint density at radius 3 is 2.70 bits per heavy atom. The molecule has 2 rings (SSSR count). The molecule has 1 N–H and O–H groups in total. The van der Waals surface area contributed by atoms with Crippen molar-refractivity contribution in [2.24, 2.45) is 0 Å². The Bertz CT molecular complexity index is 617. The Morgan fingerprint density at radius 1 is 1.40 bits per heavy atom. The van der Waals surface area contributed by atoms with E-state index in [0.717, 1.165) is 15.6 Å². The minimum absolute atomic E-state index is 0.0781. The van der Waals surface area contributed by atoms with Crippen molar-refractivity contribution in [3.63, 3.8) is 0 Å². The van der Waals surface area contributed by atoms with Crippen molar-refractivity contribution in [1.29, 1.82) is 0 Å². The Kier molecular flexibility index (Phi) is 4.24. The number of benzene rings is 1. The lowest BCUT2D eigenvalue weighted by atomic mass is 10.2. The van der Waals surface area contributed by atoms with Gasteiger partial charge in [-0.3, -0.25) is 0 Å². The number of thiazole rings is 1. The third-order valence-electron chi connectivity index (χ3n) is 2.84. The molecule has 2 aromatic rings. The van der Waals surface area contributed by atoms with Crippen LogP contribution in [0, 0.1) is 13.8 Å². The number of carboxylic acids is 1. The fraction of sp³-hybridized carbons (Fsp3) is 0.286. The first-order valence-electron chi connectivity index (χ1n) is 5.99. The van der Waals surface area contributed by atoms with Crippen molar-refractivity contribution >= 4 is 17.3 Å². The van der Waals surface area contributed by atoms with E-state index in [1.54, 1.807) is 12.1 Å². The van der Waals surface area contributed by atoms with E-state index in [-0.39, 0.29) is 17.9 Å². The minimum atomic E-state index is -1.05. The molecule has 0 saturated carbocycles. The molecule has 1 aromatic carbocycles. The highest BCUT2D eigenvalue weighted by atomic mass is 32.1. The molecule has 0 fully saturated rings. The van der Waals surface area contributed by atoms with Gasteiger partial charge in [-0.15, -0.1) is 11.3 Å². The first-order chi connectivity index (χ1) is 9.52. The average Bonchev–Trinajstić information content (AvgIpc) is 2.74. The lowest BCUT2D eigenvalue weighted by Crippen LogP contribution is -2.05. The number of aromatic carboxylic acids is 1. The smallest absolute Gasteiger partial charge is 0.339 e. The first kappa shape index (κ1) is 14.3. The lowest BCUT2D eigenvalue weighted by molar-refractivity contribution is 0.0691. The maximum absolute atomic E-state index is 11.2. The summed E-state index contributed by atoms with van der Waals surface area (Å²) in [6.07, 6.45) is 0. The summed E-state index contributed by atoms with van der Waals surface area (Å²) < 4.78 is 10.8. The zero-order chi connectivity index (χ0) is 14.7. The van der Waals surface area contributed by atoms with Crippen molar-refractivity contribution in [1.82, 2.24) is 4.98 Å². The van der Waals surface area contributed by atoms with Crippen molar-refractivity contribution in [2.75, 3.05) is 7.11 Å². The molecule has 20 heavy (non-hydrogen) atoms. The Balaban J connectivity index is 2.25. The number of aryl methyl sites for hydroxylation is 2. The highest BCUT2D eigenvalue weighted by Gasteiger charge is 2.17. The van der Waals surface area contributed by atoms with Crippen molar-refractivity contribution in [3.05, 3.63) is 39.3 Å². The number of methoxy groups -OCH3 is 1. The van der Waals surface area contributed by atoms with Gasteiger partial charge in [0.2, 0.25) is 0 Å². The van der Waals surface area contributed by atoms with Crippen LogP contribution in [0.15, 0.2) is 18.2 Å². The van der Waals surface area contributed by atoms with Gasteiger partial charge in [-0.1, -0.05) is 6.07 Å². The Labute approximate surface area is 120 Å². The highest BCUT2D eigenvalue weighted by Crippen LogP contribution is 2.32. The first-order valence-corrected chi connectivity index (χ1v) is 6.80. The summed E-state index contributed by atoms with van der Waals surface area (Å²) in [5.74, 6) is -0.423. The number of carboxylic acid groups (broad SMARTS) is 1. The van der Waals surface area contributed by atoms with Crippen LogP contribution in [-0.2, 0) is 6.61 Å². The summed E-state index contributed by atoms with van der Waals surface area (Å²) in [6, 6.07) is 4.77. The second-order valence-electron chi connectivity index (χ2n) is 4.18. The van der Waals surface area contributed by atoms with Crippen LogP contribution in [-0.4, -0.2) is 23.2 Å². The molecular formula is C14H15NO4S. The second kappa shape index (κ2) is 5.92. The summed E-state index contributed by atoms with van der Waals surface area (Å²) >= 11 is 1.54. The Morgan fingerprint density at radius 2 is 2.15 bits per heavy atom. The van der Waals surface area contributed by atoms with E-state index in [1.165, 1.54) is 24.5 Å². The molecule has 6 heteroatoms. The number of hydrogen-bond acceptors (Lipinski definition) is 5. The quantitative estimate of drug-likeness (QED) is 0.917. The zero-order valence-electron chi connectivity index (χ0n) is 11.5. The van der Waals surface area contributed by atoms with Gasteiger partial charge in [0.1, 0.15) is 17.2 Å². The minimum Gasteiger partial charge on any atom is -0.493 e. The van der Waals surface area contributed by atoms with Crippen LogP contribution < -0.4 is 9.47 Å². The van der Waals surface area contributed by atoms with E-state index in [0.29, 0.717) is 5.75 Å². The van der Waals surface area contributed by atoms with Crippen molar-refractivity contribution < 1.29 is 19.4 Å². The van der Waals surface area contributed by atoms with Gasteiger partial charge < -0.3 is 14.6 Å². The fourth-order valence-corrected chi connectivity index (χ4v) is 2.58. The maximum atomic E-state index is 11.2. The normalized spacial score (nSPS) is 10.3. The molecule has 0 bridgehead atoms. The number of ether oxygens (including phenoxy) is 2. The summed E-state index contributed by atoms with van der Waals surface area (Å²) in [4.78, 5) is 16.7. The van der Waals surface area contributed by atoms with Gasteiger partial charge in [0.05, 0.1) is 12.8 Å². The molecule has 0 atom stereocenters. The van der Waals surface area contributed by atoms with E-state index >= 15 is 0 Å². The molecule has 0 aliphatic heterocycles. The predicted octanol–water partition coefficient (Wildman–Crippen LogP) is 3.05. The van der Waals surface area contributed by atoms with E-state index < -0.39 is 5.97 Å². The molecule has 0 aliphatic carbocycles. The van der Waals surface area contributed by atoms with Gasteiger partial charge in [0, 0.05) is 4.88 Å². The van der Waals surface area contributed by atoms with E-state index in [4.69, 9.17) is 9.47 Å². The van der Waals surface area contributed by atoms with Crippen LogP contribution in [0.1, 0.15) is 25.9 Å².